The first-order valence-electron chi connectivity index (χ1n) is 5.19. The maximum absolute atomic E-state index is 11.7. The van der Waals surface area contributed by atoms with E-state index in [4.69, 9.17) is 4.74 Å². The molecule has 1 N–H and O–H groups in total. The van der Waals surface area contributed by atoms with Gasteiger partial charge in [0.15, 0.2) is 5.16 Å². The number of aromatic nitrogens is 2. The minimum absolute atomic E-state index is 0.0913. The molecule has 0 atom stereocenters. The van der Waals surface area contributed by atoms with E-state index >= 15 is 0 Å². The van der Waals surface area contributed by atoms with E-state index in [1.165, 1.54) is 11.8 Å². The number of carbonyl (C=O) groups is 1. The lowest BCUT2D eigenvalue weighted by molar-refractivity contribution is -0.139. The van der Waals surface area contributed by atoms with Crippen LogP contribution in [0.25, 0.3) is 0 Å². The van der Waals surface area contributed by atoms with Crippen molar-refractivity contribution in [2.45, 2.75) is 23.6 Å². The van der Waals surface area contributed by atoms with Crippen LogP contribution in [0.1, 0.15) is 18.2 Å². The molecule has 0 fully saturated rings. The number of H-pyrrole nitrogens is 1. The Morgan fingerprint density at radius 3 is 3.18 bits per heavy atom. The lowest BCUT2D eigenvalue weighted by atomic mass is 10.3. The van der Waals surface area contributed by atoms with Crippen molar-refractivity contribution >= 4 is 29.5 Å². The van der Waals surface area contributed by atoms with Gasteiger partial charge in [0.05, 0.1) is 18.1 Å². The fraction of sp³-hybridized carbons (Fsp3) is 0.500. The Balaban J connectivity index is 2.05. The summed E-state index contributed by atoms with van der Waals surface area (Å²) in [4.78, 5) is 29.8. The zero-order chi connectivity index (χ0) is 12.3. The van der Waals surface area contributed by atoms with Gasteiger partial charge in [-0.1, -0.05) is 11.8 Å². The molecule has 0 spiro atoms. The molecule has 7 heteroatoms. The molecule has 1 aromatic rings. The number of nitrogens with one attached hydrogen (secondary N) is 1. The highest BCUT2D eigenvalue weighted by atomic mass is 32.2. The Morgan fingerprint density at radius 2 is 2.41 bits per heavy atom. The first-order valence-corrected chi connectivity index (χ1v) is 7.33. The van der Waals surface area contributed by atoms with Gasteiger partial charge in [0.1, 0.15) is 0 Å². The van der Waals surface area contributed by atoms with Gasteiger partial charge in [-0.3, -0.25) is 9.59 Å². The highest BCUT2D eigenvalue weighted by Gasteiger charge is 2.18. The number of hydrogen-bond donors (Lipinski definition) is 1. The first kappa shape index (κ1) is 12.5. The van der Waals surface area contributed by atoms with E-state index in [0.717, 1.165) is 22.8 Å². The third-order valence-electron chi connectivity index (χ3n) is 2.20. The molecule has 0 aliphatic carbocycles. The topological polar surface area (TPSA) is 72.0 Å². The molecule has 0 saturated heterocycles. The van der Waals surface area contributed by atoms with Crippen LogP contribution in [0.5, 0.6) is 0 Å². The smallest absolute Gasteiger partial charge is 0.316 e. The summed E-state index contributed by atoms with van der Waals surface area (Å²) < 4.78 is 4.80. The molecule has 1 aliphatic rings. The zero-order valence-corrected chi connectivity index (χ0v) is 10.9. The van der Waals surface area contributed by atoms with Crippen molar-refractivity contribution in [1.29, 1.82) is 0 Å². The summed E-state index contributed by atoms with van der Waals surface area (Å²) in [7, 11) is 0. The van der Waals surface area contributed by atoms with Crippen molar-refractivity contribution in [2.24, 2.45) is 0 Å². The van der Waals surface area contributed by atoms with Crippen LogP contribution in [0.4, 0.5) is 0 Å². The normalized spacial score (nSPS) is 13.5. The maximum atomic E-state index is 11.7. The third-order valence-corrected chi connectivity index (χ3v) is 4.01. The molecule has 2 heterocycles. The number of fused-ring (bicyclic) bond motifs is 1. The Labute approximate surface area is 107 Å². The van der Waals surface area contributed by atoms with Gasteiger partial charge in [0.25, 0.3) is 5.56 Å². The molecule has 0 radical (unpaired) electrons. The van der Waals surface area contributed by atoms with Crippen molar-refractivity contribution in [2.75, 3.05) is 12.4 Å². The Bertz CT molecular complexity index is 487. The number of thioether (sulfide) groups is 2. The highest BCUT2D eigenvalue weighted by Crippen LogP contribution is 2.26. The molecule has 0 saturated carbocycles. The van der Waals surface area contributed by atoms with Gasteiger partial charge >= 0.3 is 5.97 Å². The first-order chi connectivity index (χ1) is 8.20. The predicted molar refractivity (Wildman–Crippen MR) is 67.2 cm³/mol. The van der Waals surface area contributed by atoms with Crippen LogP contribution >= 0.6 is 23.5 Å². The van der Waals surface area contributed by atoms with Crippen LogP contribution in [0, 0.1) is 0 Å². The van der Waals surface area contributed by atoms with Gasteiger partial charge in [0.2, 0.25) is 0 Å². The average molecular weight is 272 g/mol. The van der Waals surface area contributed by atoms with Gasteiger partial charge in [-0.25, -0.2) is 4.98 Å². The molecule has 17 heavy (non-hydrogen) atoms. The van der Waals surface area contributed by atoms with Crippen LogP contribution in [0.2, 0.25) is 0 Å². The van der Waals surface area contributed by atoms with Crippen LogP contribution in [0.3, 0.4) is 0 Å². The highest BCUT2D eigenvalue weighted by molar-refractivity contribution is 7.99. The molecule has 0 amide bonds. The number of carbonyl (C=O) groups excluding carboxylic acids is 1. The molecule has 5 nitrogen and oxygen atoms in total. The van der Waals surface area contributed by atoms with E-state index in [-0.39, 0.29) is 17.3 Å². The summed E-state index contributed by atoms with van der Waals surface area (Å²) in [6, 6.07) is 0. The molecular formula is C10H12N2O3S2. The largest absolute Gasteiger partial charge is 0.465 e. The fourth-order valence-electron chi connectivity index (χ4n) is 1.44. The summed E-state index contributed by atoms with van der Waals surface area (Å²) in [5.74, 6) is 1.37. The Hall–Kier alpha value is -0.950. The third kappa shape index (κ3) is 3.04. The van der Waals surface area contributed by atoms with Crippen molar-refractivity contribution < 1.29 is 9.53 Å². The lowest BCUT2D eigenvalue weighted by Crippen LogP contribution is -2.15. The molecule has 0 aromatic carbocycles. The van der Waals surface area contributed by atoms with Gasteiger partial charge < -0.3 is 9.72 Å². The van der Waals surface area contributed by atoms with Crippen LogP contribution < -0.4 is 5.56 Å². The summed E-state index contributed by atoms with van der Waals surface area (Å²) in [5, 5.41) is 0.490. The van der Waals surface area contributed by atoms with E-state index in [1.807, 2.05) is 0 Å². The van der Waals surface area contributed by atoms with Crippen molar-refractivity contribution in [3.05, 3.63) is 21.6 Å². The number of nitrogens with zero attached hydrogens (tertiary/aromatic N) is 1. The molecule has 1 aromatic heterocycles. The molecule has 92 valence electrons. The monoisotopic (exact) mass is 272 g/mol. The van der Waals surface area contributed by atoms with Gasteiger partial charge in [0, 0.05) is 17.1 Å². The summed E-state index contributed by atoms with van der Waals surface area (Å²) in [6.07, 6.45) is 0. The quantitative estimate of drug-likeness (QED) is 0.504. The van der Waals surface area contributed by atoms with E-state index in [1.54, 1.807) is 18.7 Å². The molecule has 0 bridgehead atoms. The van der Waals surface area contributed by atoms with Crippen LogP contribution in [0.15, 0.2) is 9.95 Å². The van der Waals surface area contributed by atoms with Crippen molar-refractivity contribution in [1.82, 2.24) is 9.97 Å². The van der Waals surface area contributed by atoms with Crippen LogP contribution in [-0.4, -0.2) is 28.3 Å². The molecule has 2 rings (SSSR count). The number of hydrogen-bond acceptors (Lipinski definition) is 6. The van der Waals surface area contributed by atoms with E-state index in [2.05, 4.69) is 9.97 Å². The van der Waals surface area contributed by atoms with Crippen molar-refractivity contribution in [3.63, 3.8) is 0 Å². The van der Waals surface area contributed by atoms with Gasteiger partial charge in [-0.2, -0.15) is 11.8 Å². The number of ether oxygens (including phenoxy) is 1. The van der Waals surface area contributed by atoms with Gasteiger partial charge in [-0.05, 0) is 6.92 Å². The minimum Gasteiger partial charge on any atom is -0.465 e. The van der Waals surface area contributed by atoms with Gasteiger partial charge in [-0.15, -0.1) is 0 Å². The second-order valence-corrected chi connectivity index (χ2v) is 5.33. The predicted octanol–water partition coefficient (Wildman–Crippen LogP) is 1.17. The fourth-order valence-corrected chi connectivity index (χ4v) is 3.15. The lowest BCUT2D eigenvalue weighted by Gasteiger charge is -2.03. The van der Waals surface area contributed by atoms with Crippen LogP contribution in [-0.2, 0) is 21.0 Å². The number of rotatable bonds is 4. The second kappa shape index (κ2) is 5.59. The Morgan fingerprint density at radius 1 is 1.59 bits per heavy atom. The van der Waals surface area contributed by atoms with Crippen molar-refractivity contribution in [3.8, 4) is 0 Å². The number of aromatic amines is 1. The van der Waals surface area contributed by atoms with E-state index in [0.29, 0.717) is 11.8 Å². The summed E-state index contributed by atoms with van der Waals surface area (Å²) >= 11 is 2.87. The summed E-state index contributed by atoms with van der Waals surface area (Å²) in [5.41, 5.74) is 1.51. The zero-order valence-electron chi connectivity index (χ0n) is 9.32. The molecule has 1 aliphatic heterocycles. The van der Waals surface area contributed by atoms with E-state index in [9.17, 15) is 9.59 Å². The molecule has 0 unspecified atom stereocenters. The standard InChI is InChI=1S/C10H12N2O3S2/c1-2-15-8(13)5-17-10-11-7-4-16-3-6(7)9(14)12-10/h2-5H2,1H3,(H,11,12,14). The average Bonchev–Trinajstić information content (AvgIpc) is 2.75. The number of esters is 1. The minimum atomic E-state index is -0.296. The SMILES string of the molecule is CCOC(=O)CSc1nc2c(c(=O)[nH]1)CSC2. The van der Waals surface area contributed by atoms with E-state index < -0.39 is 0 Å². The second-order valence-electron chi connectivity index (χ2n) is 3.38. The summed E-state index contributed by atoms with van der Waals surface area (Å²) in [6.45, 7) is 2.12. The maximum Gasteiger partial charge on any atom is 0.316 e. The Kier molecular flexibility index (Phi) is 4.11. The molecular weight excluding hydrogens is 260 g/mol.